The molecule has 3 aromatic rings. The van der Waals surface area contributed by atoms with Gasteiger partial charge in [-0.2, -0.15) is 22.7 Å². The van der Waals surface area contributed by atoms with Gasteiger partial charge in [0.2, 0.25) is 0 Å². The molecule has 0 saturated carbocycles. The Bertz CT molecular complexity index is 716. The number of hydrogen-bond acceptors (Lipinski definition) is 0. The maximum Gasteiger partial charge on any atom is 0.0814 e. The third-order valence-electron chi connectivity index (χ3n) is 5.93. The van der Waals surface area contributed by atoms with Gasteiger partial charge >= 0.3 is 0 Å². The first-order valence-corrected chi connectivity index (χ1v) is 9.95. The summed E-state index contributed by atoms with van der Waals surface area (Å²) >= 11 is 0. The molecule has 0 saturated heterocycles. The van der Waals surface area contributed by atoms with Crippen molar-refractivity contribution in [2.45, 2.75) is 46.9 Å². The van der Waals surface area contributed by atoms with Gasteiger partial charge in [0.1, 0.15) is 0 Å². The quantitative estimate of drug-likeness (QED) is 0.561. The molecule has 0 aromatic heterocycles. The molecule has 134 valence electrons. The van der Waals surface area contributed by atoms with E-state index in [2.05, 4.69) is 100 Å². The summed E-state index contributed by atoms with van der Waals surface area (Å²) in [6, 6.07) is 27.7. The van der Waals surface area contributed by atoms with E-state index in [9.17, 15) is 0 Å². The monoisotopic (exact) mass is 341 g/mol. The van der Waals surface area contributed by atoms with Gasteiger partial charge in [-0.15, -0.1) is 0 Å². The highest BCUT2D eigenvalue weighted by atomic mass is 14.1. The maximum absolute atomic E-state index is 2.35. The van der Waals surface area contributed by atoms with Crippen molar-refractivity contribution in [2.75, 3.05) is 0 Å². The molecule has 0 heterocycles. The summed E-state index contributed by atoms with van der Waals surface area (Å²) in [4.78, 5) is 0. The molecule has 0 aliphatic rings. The van der Waals surface area contributed by atoms with E-state index in [1.54, 1.807) is 0 Å². The van der Waals surface area contributed by atoms with E-state index in [1.165, 1.54) is 52.2 Å². The van der Waals surface area contributed by atoms with Crippen molar-refractivity contribution in [3.05, 3.63) is 89.5 Å². The molecule has 3 rings (SSSR count). The normalized spacial score (nSPS) is 11.5. The maximum atomic E-state index is 2.35. The van der Waals surface area contributed by atoms with Gasteiger partial charge in [-0.25, -0.2) is 0 Å². The highest BCUT2D eigenvalue weighted by molar-refractivity contribution is 7.11. The largest absolute Gasteiger partial charge is 0.200 e. The van der Waals surface area contributed by atoms with Crippen LogP contribution in [0.5, 0.6) is 0 Å². The van der Waals surface area contributed by atoms with Gasteiger partial charge in [-0.3, -0.25) is 0 Å². The van der Waals surface area contributed by atoms with Crippen LogP contribution >= 0.6 is 0 Å². The molecule has 0 unspecified atom stereocenters. The molecular formula is C25H30B-. The van der Waals surface area contributed by atoms with E-state index in [1.807, 2.05) is 0 Å². The topological polar surface area (TPSA) is 0 Å². The summed E-state index contributed by atoms with van der Waals surface area (Å²) < 4.78 is 0. The van der Waals surface area contributed by atoms with Crippen LogP contribution in [0.1, 0.15) is 36.5 Å². The first-order valence-electron chi connectivity index (χ1n) is 9.95. The Balaban J connectivity index is 2.27. The number of rotatable bonds is 6. The second-order valence-electron chi connectivity index (χ2n) is 7.92. The van der Waals surface area contributed by atoms with E-state index >= 15 is 0 Å². The Morgan fingerprint density at radius 3 is 1.12 bits per heavy atom. The van der Waals surface area contributed by atoms with E-state index in [0.29, 0.717) is 0 Å². The van der Waals surface area contributed by atoms with Crippen LogP contribution in [0.25, 0.3) is 0 Å². The molecule has 0 radical (unpaired) electrons. The molecule has 0 bridgehead atoms. The Hall–Kier alpha value is -2.28. The van der Waals surface area contributed by atoms with E-state index < -0.39 is 6.15 Å². The fourth-order valence-corrected chi connectivity index (χ4v) is 4.27. The van der Waals surface area contributed by atoms with Gasteiger partial charge in [0.05, 0.1) is 6.15 Å². The minimum atomic E-state index is -0.957. The van der Waals surface area contributed by atoms with Gasteiger partial charge in [0.25, 0.3) is 0 Å². The number of aryl methyl sites for hydroxylation is 3. The summed E-state index contributed by atoms with van der Waals surface area (Å²) in [7, 11) is 0. The molecule has 26 heavy (non-hydrogen) atoms. The van der Waals surface area contributed by atoms with Crippen LogP contribution in [0.4, 0.5) is 0 Å². The third kappa shape index (κ3) is 3.63. The highest BCUT2D eigenvalue weighted by Crippen LogP contribution is 2.17. The van der Waals surface area contributed by atoms with Crippen LogP contribution in [0.15, 0.2) is 72.8 Å². The third-order valence-corrected chi connectivity index (χ3v) is 5.93. The molecule has 0 N–H and O–H groups in total. The van der Waals surface area contributed by atoms with Crippen molar-refractivity contribution in [2.24, 2.45) is 0 Å². The van der Waals surface area contributed by atoms with Gasteiger partial charge in [0.15, 0.2) is 0 Å². The van der Waals surface area contributed by atoms with Crippen molar-refractivity contribution < 1.29 is 0 Å². The second-order valence-corrected chi connectivity index (χ2v) is 7.92. The van der Waals surface area contributed by atoms with E-state index in [4.69, 9.17) is 0 Å². The van der Waals surface area contributed by atoms with Crippen LogP contribution in [-0.2, 0) is 0 Å². The predicted molar refractivity (Wildman–Crippen MR) is 118 cm³/mol. The zero-order valence-corrected chi connectivity index (χ0v) is 16.6. The van der Waals surface area contributed by atoms with Crippen LogP contribution in [0.3, 0.4) is 0 Å². The molecule has 0 spiro atoms. The Labute approximate surface area is 159 Å². The van der Waals surface area contributed by atoms with Gasteiger partial charge in [-0.05, 0) is 20.8 Å². The van der Waals surface area contributed by atoms with Crippen molar-refractivity contribution >= 4 is 22.5 Å². The fourth-order valence-electron chi connectivity index (χ4n) is 4.27. The Kier molecular flexibility index (Phi) is 5.66. The number of unbranched alkanes of at least 4 members (excludes halogenated alkanes) is 1. The predicted octanol–water partition coefficient (Wildman–Crippen LogP) is 4.88. The average Bonchev–Trinajstić information content (AvgIpc) is 2.66. The molecular weight excluding hydrogens is 311 g/mol. The van der Waals surface area contributed by atoms with Crippen molar-refractivity contribution in [3.63, 3.8) is 0 Å². The first kappa shape index (κ1) is 18.5. The molecule has 0 amide bonds. The first-order chi connectivity index (χ1) is 12.6. The number of benzene rings is 3. The van der Waals surface area contributed by atoms with Crippen molar-refractivity contribution in [3.8, 4) is 0 Å². The lowest BCUT2D eigenvalue weighted by Crippen LogP contribution is -2.67. The Morgan fingerprint density at radius 1 is 0.538 bits per heavy atom. The van der Waals surface area contributed by atoms with Crippen LogP contribution in [-0.4, -0.2) is 6.15 Å². The van der Waals surface area contributed by atoms with Crippen LogP contribution in [0.2, 0.25) is 6.32 Å². The lowest BCUT2D eigenvalue weighted by Gasteiger charge is -2.43. The van der Waals surface area contributed by atoms with Crippen molar-refractivity contribution in [1.82, 2.24) is 0 Å². The zero-order chi connectivity index (χ0) is 18.6. The van der Waals surface area contributed by atoms with E-state index in [-0.39, 0.29) is 0 Å². The lowest BCUT2D eigenvalue weighted by atomic mass is 9.14. The Morgan fingerprint density at radius 2 is 0.846 bits per heavy atom. The van der Waals surface area contributed by atoms with Crippen LogP contribution in [0, 0.1) is 20.8 Å². The standard InChI is InChI=1S/C25H30B/c1-5-6-19-26(23-13-7-20(2)8-14-23,24-15-9-21(3)10-16-24)25-17-11-22(4)12-18-25/h7-18H,5-6,19H2,1-4H3/q-1. The van der Waals surface area contributed by atoms with Gasteiger partial charge < -0.3 is 0 Å². The van der Waals surface area contributed by atoms with E-state index in [0.717, 1.165) is 0 Å². The highest BCUT2D eigenvalue weighted by Gasteiger charge is 2.29. The zero-order valence-electron chi connectivity index (χ0n) is 16.6. The molecule has 3 aromatic carbocycles. The number of hydrogen-bond donors (Lipinski definition) is 0. The average molecular weight is 341 g/mol. The molecule has 0 fully saturated rings. The molecule has 1 heteroatoms. The minimum absolute atomic E-state index is 0.957. The summed E-state index contributed by atoms with van der Waals surface area (Å²) in [5.41, 5.74) is 8.33. The van der Waals surface area contributed by atoms with Gasteiger partial charge in [-0.1, -0.05) is 109 Å². The van der Waals surface area contributed by atoms with Crippen LogP contribution < -0.4 is 16.4 Å². The van der Waals surface area contributed by atoms with Crippen molar-refractivity contribution in [1.29, 1.82) is 0 Å². The second kappa shape index (κ2) is 7.95. The molecule has 0 atom stereocenters. The summed E-state index contributed by atoms with van der Waals surface area (Å²) in [6.07, 6.45) is 2.68. The van der Waals surface area contributed by atoms with Gasteiger partial charge in [0, 0.05) is 0 Å². The molecule has 0 aliphatic carbocycles. The summed E-state index contributed by atoms with van der Waals surface area (Å²) in [5.74, 6) is 0. The molecule has 0 nitrogen and oxygen atoms in total. The SMILES string of the molecule is CCCC[B-](c1ccc(C)cc1)(c1ccc(C)cc1)c1ccc(C)cc1. The fraction of sp³-hybridized carbons (Fsp3) is 0.280. The smallest absolute Gasteiger partial charge is 0.0814 e. The summed E-state index contributed by atoms with van der Waals surface area (Å²) in [6.45, 7) is 8.80. The summed E-state index contributed by atoms with van der Waals surface area (Å²) in [5, 5.41) is 0. The molecule has 0 aliphatic heterocycles. The minimum Gasteiger partial charge on any atom is -0.200 e. The lowest BCUT2D eigenvalue weighted by molar-refractivity contribution is 0.874.